The predicted molar refractivity (Wildman–Crippen MR) is 119 cm³/mol. The van der Waals surface area contributed by atoms with Crippen molar-refractivity contribution in [3.63, 3.8) is 0 Å². The lowest BCUT2D eigenvalue weighted by Crippen LogP contribution is -2.43. The Kier molecular flexibility index (Phi) is 6.15. The summed E-state index contributed by atoms with van der Waals surface area (Å²) >= 11 is 9.35. The number of anilines is 1. The molecule has 2 aromatic rings. The van der Waals surface area contributed by atoms with E-state index in [1.54, 1.807) is 11.0 Å². The van der Waals surface area contributed by atoms with Crippen molar-refractivity contribution in [3.05, 3.63) is 21.4 Å². The molecule has 0 spiro atoms. The Bertz CT molecular complexity index is 1030. The zero-order valence-corrected chi connectivity index (χ0v) is 19.6. The predicted octanol–water partition coefficient (Wildman–Crippen LogP) is 4.31. The van der Waals surface area contributed by atoms with Crippen LogP contribution in [0.25, 0.3) is 10.9 Å². The molecule has 0 amide bonds. The highest BCUT2D eigenvalue weighted by Crippen LogP contribution is 2.41. The zero-order chi connectivity index (χ0) is 22.5. The molecule has 3 fully saturated rings. The molecule has 1 aromatic carbocycles. The van der Waals surface area contributed by atoms with Gasteiger partial charge >= 0.3 is 6.01 Å². The summed E-state index contributed by atoms with van der Waals surface area (Å²) in [6.45, 7) is 2.17. The van der Waals surface area contributed by atoms with Gasteiger partial charge in [0, 0.05) is 24.9 Å². The number of ether oxygens (including phenoxy) is 2. The highest BCUT2D eigenvalue weighted by atomic mass is 79.9. The molecule has 11 heteroatoms. The van der Waals surface area contributed by atoms with E-state index in [1.165, 1.54) is 0 Å². The van der Waals surface area contributed by atoms with Crippen LogP contribution >= 0.6 is 27.5 Å². The largest absolute Gasteiger partial charge is 0.461 e. The summed E-state index contributed by atoms with van der Waals surface area (Å²) in [4.78, 5) is 12.6. The highest BCUT2D eigenvalue weighted by Gasteiger charge is 2.49. The molecule has 32 heavy (non-hydrogen) atoms. The molecular formula is C21H23BrClF3N4O2. The number of fused-ring (bicyclic) bond motifs is 2. The molecule has 0 radical (unpaired) electrons. The Morgan fingerprint density at radius 2 is 2.09 bits per heavy atom. The van der Waals surface area contributed by atoms with E-state index in [4.69, 9.17) is 21.1 Å². The lowest BCUT2D eigenvalue weighted by atomic mass is 9.95. The van der Waals surface area contributed by atoms with Gasteiger partial charge in [0.15, 0.2) is 5.82 Å². The molecule has 3 aliphatic heterocycles. The standard InChI is InChI=1S/C21H23BrClF3N4O2/c22-16-15(23)6-14-18(17(16)26)27-20(28-19(14)29-4-5-31-10-13(25)8-29)32-11-21-2-1-3-30(21)9-12(24)7-21/h6,12-13H,1-5,7-11H2/t12-,13?,21+/m1/s1. The Morgan fingerprint density at radius 3 is 2.94 bits per heavy atom. The minimum atomic E-state index is -1.21. The fraction of sp³-hybridized carbons (Fsp3) is 0.619. The van der Waals surface area contributed by atoms with Crippen molar-refractivity contribution in [3.8, 4) is 6.01 Å². The molecule has 1 aromatic heterocycles. The van der Waals surface area contributed by atoms with Crippen LogP contribution in [0.1, 0.15) is 19.3 Å². The van der Waals surface area contributed by atoms with Gasteiger partial charge in [-0.15, -0.1) is 0 Å². The van der Waals surface area contributed by atoms with Crippen molar-refractivity contribution in [2.24, 2.45) is 0 Å². The molecule has 3 saturated heterocycles. The van der Waals surface area contributed by atoms with Crippen molar-refractivity contribution < 1.29 is 22.6 Å². The number of nitrogens with zero attached hydrogens (tertiary/aromatic N) is 4. The van der Waals surface area contributed by atoms with Crippen LogP contribution in [0.2, 0.25) is 5.02 Å². The van der Waals surface area contributed by atoms with Crippen LogP contribution in [-0.4, -0.2) is 78.7 Å². The average Bonchev–Trinajstić information content (AvgIpc) is 3.19. The minimum Gasteiger partial charge on any atom is -0.461 e. The normalized spacial score (nSPS) is 28.8. The van der Waals surface area contributed by atoms with Crippen molar-refractivity contribution >= 4 is 44.3 Å². The summed E-state index contributed by atoms with van der Waals surface area (Å²) in [6.07, 6.45) is 0.104. The molecule has 174 valence electrons. The van der Waals surface area contributed by atoms with Crippen LogP contribution in [-0.2, 0) is 4.74 Å². The molecule has 0 bridgehead atoms. The first-order valence-electron chi connectivity index (χ1n) is 10.7. The van der Waals surface area contributed by atoms with Crippen LogP contribution < -0.4 is 9.64 Å². The SMILES string of the molecule is Fc1c(Br)c(Cl)cc2c(N3CCOCC(F)C3)nc(OC[C@@]34CCCN3C[C@H](F)C4)nc12. The summed E-state index contributed by atoms with van der Waals surface area (Å²) in [5.74, 6) is -0.309. The zero-order valence-electron chi connectivity index (χ0n) is 17.3. The summed E-state index contributed by atoms with van der Waals surface area (Å²) in [5.41, 5.74) is -0.366. The molecular weight excluding hydrogens is 513 g/mol. The van der Waals surface area contributed by atoms with Crippen LogP contribution in [0.5, 0.6) is 6.01 Å². The molecule has 3 atom stereocenters. The number of alkyl halides is 2. The summed E-state index contributed by atoms with van der Waals surface area (Å²) in [7, 11) is 0. The van der Waals surface area contributed by atoms with Crippen LogP contribution in [0, 0.1) is 5.82 Å². The van der Waals surface area contributed by atoms with Gasteiger partial charge in [-0.2, -0.15) is 9.97 Å². The third-order valence-corrected chi connectivity index (χ3v) is 7.84. The lowest BCUT2D eigenvalue weighted by molar-refractivity contribution is 0.105. The first-order valence-corrected chi connectivity index (χ1v) is 11.9. The maximum Gasteiger partial charge on any atom is 0.319 e. The Labute approximate surface area is 197 Å². The van der Waals surface area contributed by atoms with Gasteiger partial charge in [0.05, 0.1) is 34.8 Å². The number of benzene rings is 1. The molecule has 0 N–H and O–H groups in total. The maximum absolute atomic E-state index is 15.1. The summed E-state index contributed by atoms with van der Waals surface area (Å²) in [5, 5.41) is 0.527. The second-order valence-corrected chi connectivity index (χ2v) is 9.89. The van der Waals surface area contributed by atoms with Gasteiger partial charge in [-0.1, -0.05) is 11.6 Å². The van der Waals surface area contributed by atoms with Gasteiger partial charge < -0.3 is 14.4 Å². The third kappa shape index (κ3) is 4.03. The van der Waals surface area contributed by atoms with Crippen LogP contribution in [0.15, 0.2) is 10.5 Å². The average molecular weight is 536 g/mol. The number of rotatable bonds is 4. The minimum absolute atomic E-state index is 0.00765. The van der Waals surface area contributed by atoms with E-state index in [2.05, 4.69) is 30.8 Å². The molecule has 1 unspecified atom stereocenters. The summed E-state index contributed by atoms with van der Waals surface area (Å²) in [6, 6.07) is 1.54. The van der Waals surface area contributed by atoms with Gasteiger partial charge in [0.2, 0.25) is 0 Å². The molecule has 4 heterocycles. The van der Waals surface area contributed by atoms with Crippen molar-refractivity contribution in [1.29, 1.82) is 0 Å². The van der Waals surface area contributed by atoms with Crippen molar-refractivity contribution in [2.75, 3.05) is 50.9 Å². The highest BCUT2D eigenvalue weighted by molar-refractivity contribution is 9.10. The number of hydrogen-bond donors (Lipinski definition) is 0. The maximum atomic E-state index is 15.1. The molecule has 0 saturated carbocycles. The monoisotopic (exact) mass is 534 g/mol. The molecule has 0 aliphatic carbocycles. The number of hydrogen-bond acceptors (Lipinski definition) is 6. The number of aromatic nitrogens is 2. The van der Waals surface area contributed by atoms with Crippen LogP contribution in [0.3, 0.4) is 0 Å². The van der Waals surface area contributed by atoms with E-state index < -0.39 is 23.7 Å². The van der Waals surface area contributed by atoms with Gasteiger partial charge in [-0.05, 0) is 41.4 Å². The van der Waals surface area contributed by atoms with Gasteiger partial charge in [0.1, 0.15) is 30.3 Å². The van der Waals surface area contributed by atoms with E-state index in [0.717, 1.165) is 19.4 Å². The van der Waals surface area contributed by atoms with Gasteiger partial charge in [-0.3, -0.25) is 4.90 Å². The van der Waals surface area contributed by atoms with Crippen molar-refractivity contribution in [1.82, 2.24) is 14.9 Å². The van der Waals surface area contributed by atoms with E-state index in [0.29, 0.717) is 37.3 Å². The summed E-state index contributed by atoms with van der Waals surface area (Å²) < 4.78 is 54.8. The first kappa shape index (κ1) is 22.4. The lowest BCUT2D eigenvalue weighted by Gasteiger charge is -2.31. The Balaban J connectivity index is 1.53. The Hall–Kier alpha value is -1.36. The van der Waals surface area contributed by atoms with Gasteiger partial charge in [-0.25, -0.2) is 13.2 Å². The molecule has 5 rings (SSSR count). The molecule has 6 nitrogen and oxygen atoms in total. The van der Waals surface area contributed by atoms with E-state index in [9.17, 15) is 8.78 Å². The topological polar surface area (TPSA) is 50.7 Å². The second kappa shape index (κ2) is 8.77. The van der Waals surface area contributed by atoms with E-state index >= 15 is 4.39 Å². The molecule has 3 aliphatic rings. The third-order valence-electron chi connectivity index (χ3n) is 6.54. The van der Waals surface area contributed by atoms with Crippen molar-refractivity contribution in [2.45, 2.75) is 37.1 Å². The first-order chi connectivity index (χ1) is 15.4. The smallest absolute Gasteiger partial charge is 0.319 e. The fourth-order valence-corrected chi connectivity index (χ4v) is 5.55. The van der Waals surface area contributed by atoms with E-state index in [-0.39, 0.29) is 40.8 Å². The Morgan fingerprint density at radius 1 is 1.25 bits per heavy atom. The second-order valence-electron chi connectivity index (χ2n) is 8.69. The van der Waals surface area contributed by atoms with Crippen LogP contribution in [0.4, 0.5) is 19.0 Å². The van der Waals surface area contributed by atoms with E-state index in [1.807, 2.05) is 0 Å². The quantitative estimate of drug-likeness (QED) is 0.544. The number of halogens is 5. The van der Waals surface area contributed by atoms with Gasteiger partial charge in [0.25, 0.3) is 0 Å². The fourth-order valence-electron chi connectivity index (χ4n) is 5.05.